The molecule has 39 heavy (non-hydrogen) atoms. The Morgan fingerprint density at radius 2 is 1.74 bits per heavy atom. The van der Waals surface area contributed by atoms with E-state index in [-0.39, 0.29) is 37.0 Å². The molecule has 2 heterocycles. The van der Waals surface area contributed by atoms with Crippen molar-refractivity contribution < 1.29 is 18.4 Å². The van der Waals surface area contributed by atoms with Crippen molar-refractivity contribution in [3.05, 3.63) is 107 Å². The number of nitrogens with zero attached hydrogens (tertiary/aromatic N) is 2. The van der Waals surface area contributed by atoms with E-state index in [1.54, 1.807) is 6.07 Å². The number of carbonyl (C=O) groups is 2. The van der Waals surface area contributed by atoms with E-state index >= 15 is 0 Å². The topological polar surface area (TPSA) is 54.3 Å². The molecule has 3 atom stereocenters. The van der Waals surface area contributed by atoms with Crippen molar-refractivity contribution >= 4 is 22.7 Å². The molecule has 200 valence electrons. The van der Waals surface area contributed by atoms with Crippen LogP contribution in [0.25, 0.3) is 10.9 Å². The highest BCUT2D eigenvalue weighted by molar-refractivity contribution is 5.93. The lowest BCUT2D eigenvalue weighted by Crippen LogP contribution is -2.47. The van der Waals surface area contributed by atoms with Gasteiger partial charge in [0.1, 0.15) is 18.0 Å². The predicted octanol–water partition coefficient (Wildman–Crippen LogP) is 5.58. The number of aromatic nitrogens is 1. The van der Waals surface area contributed by atoms with E-state index < -0.39 is 24.2 Å². The molecule has 5 nitrogen and oxygen atoms in total. The monoisotopic (exact) mass is 527 g/mol. The van der Waals surface area contributed by atoms with Gasteiger partial charge in [-0.3, -0.25) is 9.59 Å². The largest absolute Gasteiger partial charge is 0.350 e. The second kappa shape index (κ2) is 10.3. The molecule has 6 rings (SSSR count). The first-order valence-electron chi connectivity index (χ1n) is 13.5. The van der Waals surface area contributed by atoms with Gasteiger partial charge >= 0.3 is 0 Å². The molecule has 1 saturated heterocycles. The van der Waals surface area contributed by atoms with Crippen molar-refractivity contribution in [2.75, 3.05) is 6.54 Å². The molecular formula is C32H31F2N3O2. The van der Waals surface area contributed by atoms with Crippen molar-refractivity contribution in [3.63, 3.8) is 0 Å². The number of para-hydroxylation sites is 1. The Labute approximate surface area is 226 Å². The van der Waals surface area contributed by atoms with E-state index in [9.17, 15) is 18.4 Å². The number of rotatable bonds is 7. The minimum atomic E-state index is -1.29. The zero-order valence-electron chi connectivity index (χ0n) is 21.8. The van der Waals surface area contributed by atoms with Crippen molar-refractivity contribution in [2.45, 2.75) is 49.9 Å². The molecule has 0 spiro atoms. The van der Waals surface area contributed by atoms with Crippen LogP contribution in [0.4, 0.5) is 8.78 Å². The van der Waals surface area contributed by atoms with E-state index in [4.69, 9.17) is 0 Å². The van der Waals surface area contributed by atoms with Gasteiger partial charge in [-0.1, -0.05) is 60.7 Å². The number of aryl methyl sites for hydroxylation is 1. The molecule has 1 N–H and O–H groups in total. The molecule has 1 aliphatic heterocycles. The van der Waals surface area contributed by atoms with Gasteiger partial charge in [-0.05, 0) is 53.1 Å². The third-order valence-corrected chi connectivity index (χ3v) is 7.99. The standard InChI is InChI=1S/C32H31F2N3O2/c1-36-18-23(26-9-5-6-10-28(26)36)16-30(38)37-19-24(33)17-29(37)32(39)35-31(21-7-3-2-4-8-21)22-13-14-25(20-11-12-20)27(34)15-22/h2-10,13-15,18,20,24,29,31H,11-12,16-17,19H2,1H3,(H,35,39)/t24-,29+,31+/m1/s1. The molecular weight excluding hydrogens is 496 g/mol. The Bertz CT molecular complexity index is 1530. The molecule has 1 aromatic heterocycles. The minimum Gasteiger partial charge on any atom is -0.350 e. The van der Waals surface area contributed by atoms with Gasteiger partial charge in [0.25, 0.3) is 0 Å². The number of nitrogens with one attached hydrogen (secondary N) is 1. The SMILES string of the molecule is Cn1cc(CC(=O)N2C[C@H](F)C[C@H]2C(=O)N[C@@H](c2ccccc2)c2ccc(C3CC3)c(F)c2)c2ccccc21. The summed E-state index contributed by atoms with van der Waals surface area (Å²) in [6.45, 7) is -0.123. The molecule has 1 aliphatic carbocycles. The van der Waals surface area contributed by atoms with E-state index in [0.717, 1.165) is 34.9 Å². The van der Waals surface area contributed by atoms with Gasteiger partial charge in [-0.15, -0.1) is 0 Å². The molecule has 4 aromatic rings. The highest BCUT2D eigenvalue weighted by atomic mass is 19.1. The number of hydrogen-bond donors (Lipinski definition) is 1. The van der Waals surface area contributed by atoms with Crippen LogP contribution in [-0.2, 0) is 23.1 Å². The Kier molecular flexibility index (Phi) is 6.67. The van der Waals surface area contributed by atoms with Gasteiger partial charge in [0, 0.05) is 30.6 Å². The lowest BCUT2D eigenvalue weighted by Gasteiger charge is -2.27. The van der Waals surface area contributed by atoms with E-state index in [2.05, 4.69) is 5.32 Å². The number of halogens is 2. The van der Waals surface area contributed by atoms with Crippen LogP contribution in [0.2, 0.25) is 0 Å². The third-order valence-electron chi connectivity index (χ3n) is 7.99. The van der Waals surface area contributed by atoms with Crippen molar-refractivity contribution in [1.82, 2.24) is 14.8 Å². The zero-order valence-corrected chi connectivity index (χ0v) is 21.8. The maximum absolute atomic E-state index is 15.0. The summed E-state index contributed by atoms with van der Waals surface area (Å²) >= 11 is 0. The van der Waals surface area contributed by atoms with Crippen molar-refractivity contribution in [1.29, 1.82) is 0 Å². The van der Waals surface area contributed by atoms with Crippen LogP contribution < -0.4 is 5.32 Å². The molecule has 2 aliphatic rings. The number of fused-ring (bicyclic) bond motifs is 1. The summed E-state index contributed by atoms with van der Waals surface area (Å²) in [6, 6.07) is 20.7. The highest BCUT2D eigenvalue weighted by Gasteiger charge is 2.40. The van der Waals surface area contributed by atoms with Crippen LogP contribution in [-0.4, -0.2) is 40.0 Å². The number of carbonyl (C=O) groups excluding carboxylic acids is 2. The lowest BCUT2D eigenvalue weighted by atomic mass is 9.96. The number of hydrogen-bond acceptors (Lipinski definition) is 2. The zero-order chi connectivity index (χ0) is 27.1. The smallest absolute Gasteiger partial charge is 0.243 e. The maximum atomic E-state index is 15.0. The summed E-state index contributed by atoms with van der Waals surface area (Å²) in [5, 5.41) is 3.98. The Hall–Kier alpha value is -4.00. The van der Waals surface area contributed by atoms with Crippen LogP contribution in [0.15, 0.2) is 79.0 Å². The first-order valence-corrected chi connectivity index (χ1v) is 13.5. The molecule has 0 unspecified atom stereocenters. The van der Waals surface area contributed by atoms with Gasteiger partial charge in [-0.2, -0.15) is 0 Å². The quantitative estimate of drug-likeness (QED) is 0.341. The van der Waals surface area contributed by atoms with Gasteiger partial charge in [-0.25, -0.2) is 8.78 Å². The van der Waals surface area contributed by atoms with E-state index in [0.29, 0.717) is 11.1 Å². The highest BCUT2D eigenvalue weighted by Crippen LogP contribution is 2.42. The predicted molar refractivity (Wildman–Crippen MR) is 146 cm³/mol. The normalized spacial score (nSPS) is 19.8. The Morgan fingerprint density at radius 1 is 1.00 bits per heavy atom. The second-order valence-electron chi connectivity index (χ2n) is 10.8. The van der Waals surface area contributed by atoms with Crippen LogP contribution in [0.5, 0.6) is 0 Å². The minimum absolute atomic E-state index is 0.0659. The van der Waals surface area contributed by atoms with Crippen LogP contribution >= 0.6 is 0 Å². The average molecular weight is 528 g/mol. The number of likely N-dealkylation sites (tertiary alicyclic amines) is 1. The summed E-state index contributed by atoms with van der Waals surface area (Å²) in [4.78, 5) is 28.4. The molecule has 0 bridgehead atoms. The van der Waals surface area contributed by atoms with E-state index in [1.165, 1.54) is 11.0 Å². The fourth-order valence-electron chi connectivity index (χ4n) is 5.83. The van der Waals surface area contributed by atoms with Gasteiger partial charge in [0.15, 0.2) is 0 Å². The molecule has 1 saturated carbocycles. The fraction of sp³-hybridized carbons (Fsp3) is 0.312. The van der Waals surface area contributed by atoms with Gasteiger partial charge in [0.05, 0.1) is 19.0 Å². The summed E-state index contributed by atoms with van der Waals surface area (Å²) < 4.78 is 31.6. The summed E-state index contributed by atoms with van der Waals surface area (Å²) in [7, 11) is 1.92. The number of benzene rings is 3. The van der Waals surface area contributed by atoms with Crippen LogP contribution in [0.3, 0.4) is 0 Å². The van der Waals surface area contributed by atoms with E-state index in [1.807, 2.05) is 78.5 Å². The molecule has 3 aromatic carbocycles. The fourth-order valence-corrected chi connectivity index (χ4v) is 5.83. The molecule has 0 radical (unpaired) electrons. The molecule has 2 amide bonds. The maximum Gasteiger partial charge on any atom is 0.243 e. The summed E-state index contributed by atoms with van der Waals surface area (Å²) in [5.41, 5.74) is 3.95. The number of amides is 2. The lowest BCUT2D eigenvalue weighted by molar-refractivity contribution is -0.138. The van der Waals surface area contributed by atoms with Gasteiger partial charge < -0.3 is 14.8 Å². The van der Waals surface area contributed by atoms with Crippen LogP contribution in [0.1, 0.15) is 53.5 Å². The summed E-state index contributed by atoms with van der Waals surface area (Å²) in [6.07, 6.45) is 2.61. The Morgan fingerprint density at radius 3 is 2.49 bits per heavy atom. The first-order chi connectivity index (χ1) is 18.9. The van der Waals surface area contributed by atoms with Crippen LogP contribution in [0, 0.1) is 5.82 Å². The number of alkyl halides is 1. The van der Waals surface area contributed by atoms with Crippen molar-refractivity contribution in [2.24, 2.45) is 7.05 Å². The summed E-state index contributed by atoms with van der Waals surface area (Å²) in [5.74, 6) is -0.739. The molecule has 2 fully saturated rings. The molecule has 7 heteroatoms. The van der Waals surface area contributed by atoms with Gasteiger partial charge in [0.2, 0.25) is 11.8 Å². The third kappa shape index (κ3) is 5.05. The second-order valence-corrected chi connectivity index (χ2v) is 10.8. The van der Waals surface area contributed by atoms with Crippen molar-refractivity contribution in [3.8, 4) is 0 Å². The average Bonchev–Trinajstić information content (AvgIpc) is 3.63. The first kappa shape index (κ1) is 25.3. The Balaban J connectivity index is 1.25.